The van der Waals surface area contributed by atoms with Gasteiger partial charge in [0.2, 0.25) is 5.91 Å². The number of amides is 2. The Hall–Kier alpha value is -2.17. The van der Waals surface area contributed by atoms with Crippen LogP contribution < -0.4 is 10.2 Å². The van der Waals surface area contributed by atoms with E-state index in [0.29, 0.717) is 11.3 Å². The van der Waals surface area contributed by atoms with E-state index in [9.17, 15) is 14.4 Å². The fourth-order valence-electron chi connectivity index (χ4n) is 2.26. The first-order valence-electron chi connectivity index (χ1n) is 6.70. The first-order chi connectivity index (χ1) is 9.45. The summed E-state index contributed by atoms with van der Waals surface area (Å²) in [4.78, 5) is 37.1. The Kier molecular flexibility index (Phi) is 3.88. The van der Waals surface area contributed by atoms with Gasteiger partial charge < -0.3 is 5.32 Å². The van der Waals surface area contributed by atoms with Crippen LogP contribution in [0.2, 0.25) is 0 Å². The standard InChI is InChI=1S/C15H18N2O3/c1-4-10(3)16-12(18)8-17-13-9(2)6-5-7-11(13)14(19)15(17)20/h5-7,10H,4,8H2,1-3H3,(H,16,18). The summed E-state index contributed by atoms with van der Waals surface area (Å²) < 4.78 is 0. The molecular formula is C15H18N2O3. The summed E-state index contributed by atoms with van der Waals surface area (Å²) in [6.07, 6.45) is 0.814. The lowest BCUT2D eigenvalue weighted by Crippen LogP contribution is -2.43. The van der Waals surface area contributed by atoms with Gasteiger partial charge in [-0.3, -0.25) is 19.3 Å². The molecule has 0 bridgehead atoms. The summed E-state index contributed by atoms with van der Waals surface area (Å²) in [5, 5.41) is 2.80. The molecule has 0 aromatic heterocycles. The largest absolute Gasteiger partial charge is 0.352 e. The molecule has 2 rings (SSSR count). The number of anilines is 1. The normalized spacial score (nSPS) is 15.2. The molecule has 1 aliphatic rings. The number of benzene rings is 1. The summed E-state index contributed by atoms with van der Waals surface area (Å²) in [6.45, 7) is 5.57. The molecule has 0 saturated carbocycles. The molecule has 20 heavy (non-hydrogen) atoms. The van der Waals surface area contributed by atoms with Crippen molar-refractivity contribution in [1.82, 2.24) is 5.32 Å². The van der Waals surface area contributed by atoms with Gasteiger partial charge in [-0.15, -0.1) is 0 Å². The molecule has 0 aliphatic carbocycles. The third-order valence-electron chi connectivity index (χ3n) is 3.51. The maximum absolute atomic E-state index is 12.0. The molecule has 2 amide bonds. The highest BCUT2D eigenvalue weighted by atomic mass is 16.2. The molecule has 0 fully saturated rings. The molecule has 1 aromatic rings. The predicted octanol–water partition coefficient (Wildman–Crippen LogP) is 1.44. The number of hydrogen-bond donors (Lipinski definition) is 1. The number of rotatable bonds is 4. The van der Waals surface area contributed by atoms with E-state index in [1.807, 2.05) is 26.8 Å². The first kappa shape index (κ1) is 14.2. The highest BCUT2D eigenvalue weighted by Crippen LogP contribution is 2.31. The van der Waals surface area contributed by atoms with Crippen LogP contribution in [0.3, 0.4) is 0 Å². The Morgan fingerprint density at radius 3 is 2.70 bits per heavy atom. The van der Waals surface area contributed by atoms with Gasteiger partial charge in [0.1, 0.15) is 6.54 Å². The van der Waals surface area contributed by atoms with Crippen LogP contribution in [0.5, 0.6) is 0 Å². The van der Waals surface area contributed by atoms with Gasteiger partial charge in [0.05, 0.1) is 11.3 Å². The second kappa shape index (κ2) is 5.45. The van der Waals surface area contributed by atoms with Gasteiger partial charge in [0, 0.05) is 6.04 Å². The van der Waals surface area contributed by atoms with Crippen LogP contribution in [0.25, 0.3) is 0 Å². The molecular weight excluding hydrogens is 256 g/mol. The monoisotopic (exact) mass is 274 g/mol. The topological polar surface area (TPSA) is 66.5 Å². The third-order valence-corrected chi connectivity index (χ3v) is 3.51. The quantitative estimate of drug-likeness (QED) is 0.845. The van der Waals surface area contributed by atoms with E-state index < -0.39 is 11.7 Å². The zero-order valence-electron chi connectivity index (χ0n) is 11.9. The summed E-state index contributed by atoms with van der Waals surface area (Å²) in [5.41, 5.74) is 1.76. The maximum atomic E-state index is 12.0. The number of nitrogens with one attached hydrogen (secondary N) is 1. The van der Waals surface area contributed by atoms with Crippen molar-refractivity contribution in [3.63, 3.8) is 0 Å². The minimum absolute atomic E-state index is 0.0484. The number of ketones is 1. The second-order valence-corrected chi connectivity index (χ2v) is 5.07. The molecule has 1 aliphatic heterocycles. The minimum Gasteiger partial charge on any atom is -0.352 e. The van der Waals surface area contributed by atoms with Gasteiger partial charge in [0.25, 0.3) is 11.7 Å². The molecule has 106 valence electrons. The zero-order chi connectivity index (χ0) is 14.9. The van der Waals surface area contributed by atoms with Crippen LogP contribution >= 0.6 is 0 Å². The van der Waals surface area contributed by atoms with Crippen molar-refractivity contribution in [1.29, 1.82) is 0 Å². The molecule has 1 N–H and O–H groups in total. The molecule has 1 heterocycles. The van der Waals surface area contributed by atoms with E-state index in [-0.39, 0.29) is 18.5 Å². The van der Waals surface area contributed by atoms with Crippen LogP contribution in [0, 0.1) is 6.92 Å². The smallest absolute Gasteiger partial charge is 0.299 e. The van der Waals surface area contributed by atoms with Crippen LogP contribution in [-0.4, -0.2) is 30.2 Å². The number of Topliss-reactive ketones (excluding diaryl/α,β-unsaturated/α-hetero) is 1. The molecule has 0 saturated heterocycles. The Bertz CT molecular complexity index is 580. The Morgan fingerprint density at radius 2 is 2.05 bits per heavy atom. The predicted molar refractivity (Wildman–Crippen MR) is 75.8 cm³/mol. The van der Waals surface area contributed by atoms with Crippen molar-refractivity contribution >= 4 is 23.3 Å². The summed E-state index contributed by atoms with van der Waals surface area (Å²) >= 11 is 0. The number of carbonyl (C=O) groups is 3. The fourth-order valence-corrected chi connectivity index (χ4v) is 2.26. The van der Waals surface area contributed by atoms with Gasteiger partial charge in [-0.1, -0.05) is 19.1 Å². The van der Waals surface area contributed by atoms with E-state index in [0.717, 1.165) is 12.0 Å². The van der Waals surface area contributed by atoms with Gasteiger partial charge in [0.15, 0.2) is 0 Å². The van der Waals surface area contributed by atoms with Crippen LogP contribution in [0.15, 0.2) is 18.2 Å². The van der Waals surface area contributed by atoms with E-state index in [1.165, 1.54) is 4.90 Å². The fraction of sp³-hybridized carbons (Fsp3) is 0.400. The molecule has 5 nitrogen and oxygen atoms in total. The van der Waals surface area contributed by atoms with Crippen molar-refractivity contribution < 1.29 is 14.4 Å². The number of aryl methyl sites for hydroxylation is 1. The second-order valence-electron chi connectivity index (χ2n) is 5.07. The van der Waals surface area contributed by atoms with Crippen LogP contribution in [0.4, 0.5) is 5.69 Å². The first-order valence-corrected chi connectivity index (χ1v) is 6.70. The van der Waals surface area contributed by atoms with Crippen molar-refractivity contribution in [2.24, 2.45) is 0 Å². The van der Waals surface area contributed by atoms with Crippen LogP contribution in [0.1, 0.15) is 36.2 Å². The van der Waals surface area contributed by atoms with Crippen molar-refractivity contribution in [2.45, 2.75) is 33.2 Å². The summed E-state index contributed by atoms with van der Waals surface area (Å²) in [7, 11) is 0. The van der Waals surface area contributed by atoms with Gasteiger partial charge in [-0.25, -0.2) is 0 Å². The van der Waals surface area contributed by atoms with Crippen molar-refractivity contribution in [2.75, 3.05) is 11.4 Å². The van der Waals surface area contributed by atoms with Crippen LogP contribution in [-0.2, 0) is 9.59 Å². The van der Waals surface area contributed by atoms with Gasteiger partial charge in [-0.05, 0) is 31.9 Å². The summed E-state index contributed by atoms with van der Waals surface area (Å²) in [5.74, 6) is -1.43. The Balaban J connectivity index is 2.24. The van der Waals surface area contributed by atoms with E-state index in [1.54, 1.807) is 12.1 Å². The van der Waals surface area contributed by atoms with E-state index in [2.05, 4.69) is 5.32 Å². The van der Waals surface area contributed by atoms with E-state index in [4.69, 9.17) is 0 Å². The highest BCUT2D eigenvalue weighted by Gasteiger charge is 2.37. The molecule has 1 unspecified atom stereocenters. The highest BCUT2D eigenvalue weighted by molar-refractivity contribution is 6.52. The maximum Gasteiger partial charge on any atom is 0.299 e. The molecule has 0 radical (unpaired) electrons. The van der Waals surface area contributed by atoms with Gasteiger partial charge in [-0.2, -0.15) is 0 Å². The minimum atomic E-state index is -0.631. The lowest BCUT2D eigenvalue weighted by molar-refractivity contribution is -0.122. The number of fused-ring (bicyclic) bond motifs is 1. The average Bonchev–Trinajstić information content (AvgIpc) is 2.65. The molecule has 1 aromatic carbocycles. The number of para-hydroxylation sites is 1. The van der Waals surface area contributed by atoms with Crippen molar-refractivity contribution in [3.8, 4) is 0 Å². The molecule has 5 heteroatoms. The Labute approximate surface area is 118 Å². The zero-order valence-corrected chi connectivity index (χ0v) is 11.9. The SMILES string of the molecule is CCC(C)NC(=O)CN1C(=O)C(=O)c2cccc(C)c21. The number of nitrogens with zero attached hydrogens (tertiary/aromatic N) is 1. The van der Waals surface area contributed by atoms with Crippen molar-refractivity contribution in [3.05, 3.63) is 29.3 Å². The molecule has 1 atom stereocenters. The lowest BCUT2D eigenvalue weighted by Gasteiger charge is -2.19. The average molecular weight is 274 g/mol. The lowest BCUT2D eigenvalue weighted by atomic mass is 10.1. The van der Waals surface area contributed by atoms with E-state index >= 15 is 0 Å². The third kappa shape index (κ3) is 2.43. The number of carbonyl (C=O) groups excluding carboxylic acids is 3. The number of hydrogen-bond acceptors (Lipinski definition) is 3. The van der Waals surface area contributed by atoms with Gasteiger partial charge >= 0.3 is 0 Å². The molecule has 0 spiro atoms. The summed E-state index contributed by atoms with van der Waals surface area (Å²) in [6, 6.07) is 5.23. The Morgan fingerprint density at radius 1 is 1.35 bits per heavy atom.